The minimum Gasteiger partial charge on any atom is -0.384 e. The van der Waals surface area contributed by atoms with Gasteiger partial charge in [-0.05, 0) is 63.0 Å². The molecule has 1 aliphatic carbocycles. The zero-order valence-corrected chi connectivity index (χ0v) is 14.6. The fraction of sp³-hybridized carbons (Fsp3) is 0.550. The number of nitrogens with zero attached hydrogens (tertiary/aromatic N) is 2. The molecule has 0 radical (unpaired) electrons. The largest absolute Gasteiger partial charge is 0.384 e. The predicted molar refractivity (Wildman–Crippen MR) is 93.3 cm³/mol. The Morgan fingerprint density at radius 1 is 1.29 bits per heavy atom. The molecule has 0 bridgehead atoms. The molecule has 2 heterocycles. The Balaban J connectivity index is 1.96. The van der Waals surface area contributed by atoms with Crippen molar-refractivity contribution in [1.29, 1.82) is 0 Å². The quantitative estimate of drug-likeness (QED) is 0.870. The second kappa shape index (κ2) is 5.24. The van der Waals surface area contributed by atoms with Crippen LogP contribution in [0.5, 0.6) is 0 Å². The summed E-state index contributed by atoms with van der Waals surface area (Å²) in [6.07, 6.45) is 4.16. The molecule has 0 amide bonds. The van der Waals surface area contributed by atoms with E-state index in [1.54, 1.807) is 12.3 Å². The fourth-order valence-corrected chi connectivity index (χ4v) is 4.91. The molecule has 1 aliphatic heterocycles. The Hall–Kier alpha value is -1.52. The van der Waals surface area contributed by atoms with E-state index in [1.165, 1.54) is 0 Å². The minimum atomic E-state index is -1.03. The molecule has 1 aromatic carbocycles. The van der Waals surface area contributed by atoms with Gasteiger partial charge in [-0.15, -0.1) is 0 Å². The van der Waals surface area contributed by atoms with Crippen molar-refractivity contribution < 1.29 is 9.50 Å². The number of rotatable bonds is 1. The van der Waals surface area contributed by atoms with Gasteiger partial charge in [0.25, 0.3) is 0 Å². The maximum Gasteiger partial charge on any atom is 0.127 e. The molecule has 1 fully saturated rings. The van der Waals surface area contributed by atoms with Gasteiger partial charge in [-0.2, -0.15) is 0 Å². The van der Waals surface area contributed by atoms with Gasteiger partial charge >= 0.3 is 0 Å². The van der Waals surface area contributed by atoms with Gasteiger partial charge in [0.2, 0.25) is 0 Å². The lowest BCUT2D eigenvalue weighted by atomic mass is 9.65. The molecule has 0 saturated carbocycles. The summed E-state index contributed by atoms with van der Waals surface area (Å²) in [6.45, 7) is 6.08. The second-order valence-corrected chi connectivity index (χ2v) is 8.19. The highest BCUT2D eigenvalue weighted by atomic mass is 19.1. The van der Waals surface area contributed by atoms with Crippen LogP contribution in [0.4, 0.5) is 4.39 Å². The lowest BCUT2D eigenvalue weighted by molar-refractivity contribution is -0.120. The summed E-state index contributed by atoms with van der Waals surface area (Å²) in [6, 6.07) is 5.27. The Morgan fingerprint density at radius 3 is 2.71 bits per heavy atom. The van der Waals surface area contributed by atoms with E-state index < -0.39 is 11.0 Å². The summed E-state index contributed by atoms with van der Waals surface area (Å²) >= 11 is 0. The number of hydrogen-bond acceptors (Lipinski definition) is 3. The van der Waals surface area contributed by atoms with Gasteiger partial charge in [-0.3, -0.25) is 4.98 Å². The maximum absolute atomic E-state index is 14.8. The molecule has 1 aromatic heterocycles. The van der Waals surface area contributed by atoms with Crippen LogP contribution >= 0.6 is 0 Å². The van der Waals surface area contributed by atoms with Crippen molar-refractivity contribution >= 4 is 10.9 Å². The average Bonchev–Trinajstić information content (AvgIpc) is 2.77. The fourth-order valence-electron chi connectivity index (χ4n) is 4.91. The highest BCUT2D eigenvalue weighted by Gasteiger charge is 2.57. The van der Waals surface area contributed by atoms with E-state index in [4.69, 9.17) is 0 Å². The van der Waals surface area contributed by atoms with Gasteiger partial charge < -0.3 is 10.0 Å². The van der Waals surface area contributed by atoms with E-state index in [2.05, 4.69) is 30.8 Å². The highest BCUT2D eigenvalue weighted by molar-refractivity contribution is 5.85. The van der Waals surface area contributed by atoms with Crippen LogP contribution in [-0.4, -0.2) is 35.1 Å². The van der Waals surface area contributed by atoms with Crippen molar-refractivity contribution in [3.05, 3.63) is 41.3 Å². The molecule has 1 saturated heterocycles. The molecule has 1 N–H and O–H groups in total. The zero-order valence-electron chi connectivity index (χ0n) is 14.6. The van der Waals surface area contributed by atoms with Crippen molar-refractivity contribution in [3.8, 4) is 0 Å². The van der Waals surface area contributed by atoms with Crippen molar-refractivity contribution in [2.75, 3.05) is 20.1 Å². The van der Waals surface area contributed by atoms with E-state index in [-0.39, 0.29) is 11.7 Å². The third kappa shape index (κ3) is 2.06. The van der Waals surface area contributed by atoms with Crippen molar-refractivity contribution in [3.63, 3.8) is 0 Å². The number of hydrogen-bond donors (Lipinski definition) is 1. The topological polar surface area (TPSA) is 36.4 Å². The summed E-state index contributed by atoms with van der Waals surface area (Å²) in [5, 5.41) is 12.8. The van der Waals surface area contributed by atoms with Crippen LogP contribution in [0.2, 0.25) is 0 Å². The third-order valence-corrected chi connectivity index (χ3v) is 6.29. The van der Waals surface area contributed by atoms with Crippen LogP contribution in [0, 0.1) is 17.2 Å². The lowest BCUT2D eigenvalue weighted by Crippen LogP contribution is -2.49. The molecule has 2 aromatic rings. The van der Waals surface area contributed by atoms with Crippen LogP contribution in [0.3, 0.4) is 0 Å². The van der Waals surface area contributed by atoms with E-state index >= 15 is 0 Å². The molecular weight excluding hydrogens is 303 g/mol. The number of pyridine rings is 1. The van der Waals surface area contributed by atoms with E-state index in [0.29, 0.717) is 12.0 Å². The number of piperidine rings is 1. The molecule has 3 nitrogen and oxygen atoms in total. The van der Waals surface area contributed by atoms with Gasteiger partial charge in [-0.25, -0.2) is 4.39 Å². The molecule has 0 spiro atoms. The number of aliphatic hydroxyl groups is 1. The second-order valence-electron chi connectivity index (χ2n) is 8.19. The lowest BCUT2D eigenvalue weighted by Gasteiger charge is -2.46. The summed E-state index contributed by atoms with van der Waals surface area (Å²) < 4.78 is 14.8. The normalized spacial score (nSPS) is 27.5. The van der Waals surface area contributed by atoms with Gasteiger partial charge in [0.1, 0.15) is 11.4 Å². The third-order valence-electron chi connectivity index (χ3n) is 6.29. The predicted octanol–water partition coefficient (Wildman–Crippen LogP) is 3.49. The summed E-state index contributed by atoms with van der Waals surface area (Å²) in [7, 11) is 2.12. The summed E-state index contributed by atoms with van der Waals surface area (Å²) in [5.41, 5.74) is 0.743. The number of fused-ring (bicyclic) bond motifs is 3. The molecule has 1 atom stereocenters. The average molecular weight is 328 g/mol. The van der Waals surface area contributed by atoms with Gasteiger partial charge in [0.15, 0.2) is 0 Å². The van der Waals surface area contributed by atoms with Crippen molar-refractivity contribution in [2.24, 2.45) is 11.3 Å². The van der Waals surface area contributed by atoms with Gasteiger partial charge in [0, 0.05) is 22.6 Å². The summed E-state index contributed by atoms with van der Waals surface area (Å²) in [4.78, 5) is 6.82. The molecule has 4 heteroatoms. The maximum atomic E-state index is 14.8. The van der Waals surface area contributed by atoms with Crippen LogP contribution in [-0.2, 0) is 12.0 Å². The van der Waals surface area contributed by atoms with Crippen molar-refractivity contribution in [1.82, 2.24) is 9.88 Å². The minimum absolute atomic E-state index is 0.136. The first-order valence-corrected chi connectivity index (χ1v) is 8.82. The van der Waals surface area contributed by atoms with E-state index in [1.807, 2.05) is 12.1 Å². The van der Waals surface area contributed by atoms with Crippen LogP contribution in [0.25, 0.3) is 10.9 Å². The number of halogens is 1. The molecule has 4 rings (SSSR count). The Labute approximate surface area is 142 Å². The van der Waals surface area contributed by atoms with Crippen LogP contribution in [0.15, 0.2) is 24.4 Å². The molecule has 24 heavy (non-hydrogen) atoms. The number of aromatic nitrogens is 1. The standard InChI is InChI=1S/C20H25FN2O/c1-19(2)12-15-16(21)11-13-5-4-8-22-18(13)17(15)20(19,24)14-6-9-23(3)10-7-14/h4-5,8,11,14,24H,6-7,9-10,12H2,1-3H3. The van der Waals surface area contributed by atoms with E-state index in [9.17, 15) is 9.50 Å². The molecule has 2 aliphatic rings. The SMILES string of the molecule is CN1CCC(C2(O)c3c(c(F)cc4cccnc34)CC2(C)C)CC1. The molecule has 1 unspecified atom stereocenters. The highest BCUT2D eigenvalue weighted by Crippen LogP contribution is 2.58. The van der Waals surface area contributed by atoms with E-state index in [0.717, 1.165) is 42.4 Å². The molecular formula is C20H25FN2O. The van der Waals surface area contributed by atoms with Crippen LogP contribution < -0.4 is 0 Å². The summed E-state index contributed by atoms with van der Waals surface area (Å²) in [5.74, 6) is -0.0700. The van der Waals surface area contributed by atoms with Gasteiger partial charge in [-0.1, -0.05) is 19.9 Å². The monoisotopic (exact) mass is 328 g/mol. The Kier molecular flexibility index (Phi) is 3.49. The first-order chi connectivity index (χ1) is 11.3. The Bertz CT molecular complexity index is 796. The van der Waals surface area contributed by atoms with Gasteiger partial charge in [0.05, 0.1) is 5.52 Å². The number of benzene rings is 1. The smallest absolute Gasteiger partial charge is 0.127 e. The number of likely N-dealkylation sites (tertiary alicyclic amines) is 1. The molecule has 128 valence electrons. The zero-order chi connectivity index (χ0) is 17.1. The Morgan fingerprint density at radius 2 is 2.00 bits per heavy atom. The van der Waals surface area contributed by atoms with Crippen molar-refractivity contribution in [2.45, 2.75) is 38.7 Å². The van der Waals surface area contributed by atoms with Crippen LogP contribution in [0.1, 0.15) is 37.8 Å². The first kappa shape index (κ1) is 16.0. The first-order valence-electron chi connectivity index (χ1n) is 8.82.